The molecule has 2 rings (SSSR count). The molecule has 0 spiro atoms. The Kier molecular flexibility index (Phi) is 6.62. The zero-order valence-electron chi connectivity index (χ0n) is 14.7. The van der Waals surface area contributed by atoms with E-state index in [4.69, 9.17) is 0 Å². The quantitative estimate of drug-likeness (QED) is 0.602. The summed E-state index contributed by atoms with van der Waals surface area (Å²) in [6.45, 7) is 6.71. The van der Waals surface area contributed by atoms with E-state index in [0.29, 0.717) is 19.6 Å². The normalized spacial score (nSPS) is 20.8. The van der Waals surface area contributed by atoms with E-state index in [1.807, 2.05) is 25.1 Å². The summed E-state index contributed by atoms with van der Waals surface area (Å²) in [5, 5.41) is 6.66. The predicted molar refractivity (Wildman–Crippen MR) is 98.5 cm³/mol. The van der Waals surface area contributed by atoms with Crippen LogP contribution in [-0.2, 0) is 10.0 Å². The number of aliphatic imine (C=N–C) groups is 1. The van der Waals surface area contributed by atoms with Gasteiger partial charge in [0.05, 0.1) is 12.3 Å². The van der Waals surface area contributed by atoms with E-state index in [0.717, 1.165) is 18.9 Å². The molecule has 2 unspecified atom stereocenters. The van der Waals surface area contributed by atoms with E-state index < -0.39 is 10.0 Å². The second-order valence-electron chi connectivity index (χ2n) is 6.27. The highest BCUT2D eigenvalue weighted by Gasteiger charge is 2.28. The number of sulfonamides is 1. The number of benzene rings is 1. The van der Waals surface area contributed by atoms with Crippen molar-refractivity contribution in [3.05, 3.63) is 35.9 Å². The first kappa shape index (κ1) is 18.7. The number of hydrogen-bond donors (Lipinski definition) is 2. The van der Waals surface area contributed by atoms with Crippen LogP contribution in [-0.4, -0.2) is 51.1 Å². The molecule has 1 aromatic carbocycles. The highest BCUT2D eigenvalue weighted by molar-refractivity contribution is 7.88. The Morgan fingerprint density at radius 1 is 1.38 bits per heavy atom. The molecular weight excluding hydrogens is 324 g/mol. The number of rotatable bonds is 6. The van der Waals surface area contributed by atoms with Gasteiger partial charge < -0.3 is 10.6 Å². The molecule has 1 saturated heterocycles. The van der Waals surface area contributed by atoms with Gasteiger partial charge in [-0.2, -0.15) is 0 Å². The molecular formula is C17H28N4O2S. The fraction of sp³-hybridized carbons (Fsp3) is 0.588. The summed E-state index contributed by atoms with van der Waals surface area (Å²) in [6.07, 6.45) is 2.13. The summed E-state index contributed by atoms with van der Waals surface area (Å²) >= 11 is 0. The number of nitrogens with one attached hydrogen (secondary N) is 2. The molecule has 0 amide bonds. The number of nitrogens with zero attached hydrogens (tertiary/aromatic N) is 2. The lowest BCUT2D eigenvalue weighted by molar-refractivity contribution is 0.463. The van der Waals surface area contributed by atoms with Crippen LogP contribution in [0.3, 0.4) is 0 Å². The van der Waals surface area contributed by atoms with Crippen LogP contribution in [0.4, 0.5) is 0 Å². The average molecular weight is 353 g/mol. The van der Waals surface area contributed by atoms with Crippen LogP contribution in [0.1, 0.15) is 31.9 Å². The van der Waals surface area contributed by atoms with Crippen molar-refractivity contribution >= 4 is 16.0 Å². The third kappa shape index (κ3) is 5.49. The smallest absolute Gasteiger partial charge is 0.211 e. The lowest BCUT2D eigenvalue weighted by Crippen LogP contribution is -2.39. The molecule has 0 aliphatic carbocycles. The molecule has 134 valence electrons. The van der Waals surface area contributed by atoms with Crippen LogP contribution < -0.4 is 10.6 Å². The van der Waals surface area contributed by atoms with Crippen LogP contribution >= 0.6 is 0 Å². The van der Waals surface area contributed by atoms with Crippen molar-refractivity contribution in [1.82, 2.24) is 14.9 Å². The largest absolute Gasteiger partial charge is 0.357 e. The Hall–Kier alpha value is -1.60. The molecule has 0 aromatic heterocycles. The van der Waals surface area contributed by atoms with Gasteiger partial charge in [-0.1, -0.05) is 30.3 Å². The van der Waals surface area contributed by atoms with Crippen molar-refractivity contribution < 1.29 is 8.42 Å². The third-order valence-electron chi connectivity index (χ3n) is 4.22. The Labute approximate surface area is 145 Å². The van der Waals surface area contributed by atoms with Crippen LogP contribution in [0.5, 0.6) is 0 Å². The van der Waals surface area contributed by atoms with Crippen LogP contribution in [0.25, 0.3) is 0 Å². The van der Waals surface area contributed by atoms with Gasteiger partial charge in [0, 0.05) is 26.2 Å². The molecule has 2 atom stereocenters. The molecule has 0 saturated carbocycles. The Balaban J connectivity index is 1.94. The van der Waals surface area contributed by atoms with Gasteiger partial charge in [0.25, 0.3) is 0 Å². The van der Waals surface area contributed by atoms with Gasteiger partial charge in [-0.25, -0.2) is 12.7 Å². The van der Waals surface area contributed by atoms with E-state index in [1.165, 1.54) is 11.8 Å². The van der Waals surface area contributed by atoms with Crippen molar-refractivity contribution in [3.8, 4) is 0 Å². The van der Waals surface area contributed by atoms with Crippen molar-refractivity contribution in [2.45, 2.75) is 26.3 Å². The van der Waals surface area contributed by atoms with Crippen LogP contribution in [0.15, 0.2) is 35.3 Å². The van der Waals surface area contributed by atoms with Crippen LogP contribution in [0, 0.1) is 5.92 Å². The summed E-state index contributed by atoms with van der Waals surface area (Å²) in [5.74, 6) is 1.05. The maximum absolute atomic E-state index is 11.6. The fourth-order valence-corrected chi connectivity index (χ4v) is 3.74. The summed E-state index contributed by atoms with van der Waals surface area (Å²) < 4.78 is 24.7. The van der Waals surface area contributed by atoms with Gasteiger partial charge in [-0.3, -0.25) is 4.99 Å². The Bertz CT molecular complexity index is 646. The van der Waals surface area contributed by atoms with Crippen molar-refractivity contribution in [1.29, 1.82) is 0 Å². The average Bonchev–Trinajstić information content (AvgIpc) is 3.03. The minimum absolute atomic E-state index is 0.153. The zero-order valence-corrected chi connectivity index (χ0v) is 15.5. The third-order valence-corrected chi connectivity index (χ3v) is 5.49. The molecule has 1 aliphatic rings. The van der Waals surface area contributed by atoms with Gasteiger partial charge in [-0.15, -0.1) is 0 Å². The van der Waals surface area contributed by atoms with Gasteiger partial charge in [-0.05, 0) is 31.7 Å². The summed E-state index contributed by atoms with van der Waals surface area (Å²) in [7, 11) is -3.09. The lowest BCUT2D eigenvalue weighted by Gasteiger charge is -2.19. The number of guanidine groups is 1. The van der Waals surface area contributed by atoms with E-state index in [1.54, 1.807) is 4.31 Å². The predicted octanol–water partition coefficient (Wildman–Crippen LogP) is 1.58. The van der Waals surface area contributed by atoms with Gasteiger partial charge in [0.2, 0.25) is 10.0 Å². The highest BCUT2D eigenvalue weighted by Crippen LogP contribution is 2.19. The first-order chi connectivity index (χ1) is 11.4. The van der Waals surface area contributed by atoms with E-state index in [2.05, 4.69) is 34.7 Å². The minimum atomic E-state index is -3.09. The molecule has 24 heavy (non-hydrogen) atoms. The summed E-state index contributed by atoms with van der Waals surface area (Å²) in [5.41, 5.74) is 1.20. The molecule has 2 N–H and O–H groups in total. The zero-order chi connectivity index (χ0) is 17.6. The van der Waals surface area contributed by atoms with E-state index in [9.17, 15) is 8.42 Å². The van der Waals surface area contributed by atoms with Crippen molar-refractivity contribution in [2.24, 2.45) is 10.9 Å². The Morgan fingerprint density at radius 2 is 2.08 bits per heavy atom. The van der Waals surface area contributed by atoms with Crippen molar-refractivity contribution in [2.75, 3.05) is 32.4 Å². The first-order valence-electron chi connectivity index (χ1n) is 8.45. The lowest BCUT2D eigenvalue weighted by atomic mass is 10.1. The molecule has 1 fully saturated rings. The molecule has 0 bridgehead atoms. The molecule has 1 aromatic rings. The first-order valence-corrected chi connectivity index (χ1v) is 10.3. The SMILES string of the molecule is CCNC(=NCC1CCN(S(C)(=O)=O)C1)NC(C)c1ccccc1. The van der Waals surface area contributed by atoms with E-state index in [-0.39, 0.29) is 12.0 Å². The monoisotopic (exact) mass is 352 g/mol. The second-order valence-corrected chi connectivity index (χ2v) is 8.25. The maximum Gasteiger partial charge on any atom is 0.211 e. The maximum atomic E-state index is 11.6. The van der Waals surface area contributed by atoms with Gasteiger partial charge in [0.15, 0.2) is 5.96 Å². The highest BCUT2D eigenvalue weighted by atomic mass is 32.2. The second kappa shape index (κ2) is 8.48. The number of hydrogen-bond acceptors (Lipinski definition) is 3. The molecule has 1 aliphatic heterocycles. The standard InChI is InChI=1S/C17H28N4O2S/c1-4-18-17(20-14(2)16-8-6-5-7-9-16)19-12-15-10-11-21(13-15)24(3,22)23/h5-9,14-15H,4,10-13H2,1-3H3,(H2,18,19,20). The van der Waals surface area contributed by atoms with Crippen molar-refractivity contribution in [3.63, 3.8) is 0 Å². The van der Waals surface area contributed by atoms with Gasteiger partial charge >= 0.3 is 0 Å². The molecule has 6 nitrogen and oxygen atoms in total. The minimum Gasteiger partial charge on any atom is -0.357 e. The Morgan fingerprint density at radius 3 is 2.67 bits per heavy atom. The van der Waals surface area contributed by atoms with E-state index >= 15 is 0 Å². The molecule has 7 heteroatoms. The summed E-state index contributed by atoms with van der Waals surface area (Å²) in [4.78, 5) is 4.65. The fourth-order valence-electron chi connectivity index (χ4n) is 2.82. The molecule has 0 radical (unpaired) electrons. The topological polar surface area (TPSA) is 73.8 Å². The van der Waals surface area contributed by atoms with Crippen LogP contribution in [0.2, 0.25) is 0 Å². The molecule has 1 heterocycles. The van der Waals surface area contributed by atoms with Gasteiger partial charge in [0.1, 0.15) is 0 Å². The summed E-state index contributed by atoms with van der Waals surface area (Å²) in [6, 6.07) is 10.4.